The van der Waals surface area contributed by atoms with Crippen molar-refractivity contribution in [3.63, 3.8) is 0 Å². The largest absolute Gasteiger partial charge is 0.329 e. The molecule has 4 N–H and O–H groups in total. The summed E-state index contributed by atoms with van der Waals surface area (Å²) in [4.78, 5) is 0. The van der Waals surface area contributed by atoms with Gasteiger partial charge in [-0.3, -0.25) is 0 Å². The Kier molecular flexibility index (Phi) is 3.69. The van der Waals surface area contributed by atoms with Gasteiger partial charge in [-0.1, -0.05) is 6.08 Å². The molecule has 0 saturated carbocycles. The van der Waals surface area contributed by atoms with Crippen LogP contribution in [0.25, 0.3) is 0 Å². The number of nitrogens with zero attached hydrogens (tertiary/aromatic N) is 1. The molecule has 0 amide bonds. The predicted octanol–water partition coefficient (Wildman–Crippen LogP) is -0.402. The average Bonchev–Trinajstić information content (AvgIpc) is 1.90. The van der Waals surface area contributed by atoms with Crippen LogP contribution in [0.15, 0.2) is 12.7 Å². The Balaban J connectivity index is 3.82. The number of hydrogen-bond donors (Lipinski definition) is 2. The Bertz CT molecular complexity index is 125. The highest BCUT2D eigenvalue weighted by atomic mass is 14.7. The maximum absolute atomic E-state index is 8.37. The molecule has 9 heavy (non-hydrogen) atoms. The molecule has 0 aliphatic heterocycles. The second kappa shape index (κ2) is 4.07. The lowest BCUT2D eigenvalue weighted by atomic mass is 10.0. The summed E-state index contributed by atoms with van der Waals surface area (Å²) in [5, 5.41) is 8.37. The van der Waals surface area contributed by atoms with Crippen LogP contribution in [-0.4, -0.2) is 12.6 Å². The van der Waals surface area contributed by atoms with E-state index < -0.39 is 0 Å². The number of nitriles is 1. The molecule has 0 aromatic carbocycles. The summed E-state index contributed by atoms with van der Waals surface area (Å²) in [6.07, 6.45) is 1.51. The summed E-state index contributed by atoms with van der Waals surface area (Å²) in [5.41, 5.74) is 10.6. The van der Waals surface area contributed by atoms with E-state index in [0.29, 0.717) is 6.54 Å². The van der Waals surface area contributed by atoms with Gasteiger partial charge in [0.15, 0.2) is 0 Å². The summed E-state index contributed by atoms with van der Waals surface area (Å²) >= 11 is 0. The molecule has 0 saturated heterocycles. The maximum atomic E-state index is 8.37. The smallest absolute Gasteiger partial charge is 0.0804 e. The van der Waals surface area contributed by atoms with Crippen molar-refractivity contribution in [3.8, 4) is 6.07 Å². The molecular formula is C6H11N3. The van der Waals surface area contributed by atoms with Gasteiger partial charge in [0.1, 0.15) is 0 Å². The van der Waals surface area contributed by atoms with Gasteiger partial charge in [0, 0.05) is 12.6 Å². The Morgan fingerprint density at radius 1 is 1.78 bits per heavy atom. The van der Waals surface area contributed by atoms with Gasteiger partial charge < -0.3 is 11.5 Å². The van der Waals surface area contributed by atoms with Crippen molar-refractivity contribution in [3.05, 3.63) is 12.7 Å². The van der Waals surface area contributed by atoms with Crippen LogP contribution in [0.4, 0.5) is 0 Å². The van der Waals surface area contributed by atoms with Gasteiger partial charge in [-0.2, -0.15) is 5.26 Å². The van der Waals surface area contributed by atoms with Crippen LogP contribution < -0.4 is 11.5 Å². The lowest BCUT2D eigenvalue weighted by Crippen LogP contribution is -2.35. The Labute approximate surface area is 54.9 Å². The van der Waals surface area contributed by atoms with E-state index in [2.05, 4.69) is 6.58 Å². The Morgan fingerprint density at radius 3 is 2.44 bits per heavy atom. The lowest BCUT2D eigenvalue weighted by Gasteiger charge is -2.09. The molecule has 3 nitrogen and oxygen atoms in total. The first kappa shape index (κ1) is 8.15. The van der Waals surface area contributed by atoms with Crippen LogP contribution in [0, 0.1) is 17.2 Å². The highest BCUT2D eigenvalue weighted by Crippen LogP contribution is 1.98. The topological polar surface area (TPSA) is 75.8 Å². The van der Waals surface area contributed by atoms with Gasteiger partial charge in [-0.15, -0.1) is 6.58 Å². The van der Waals surface area contributed by atoms with E-state index in [1.54, 1.807) is 0 Å². The van der Waals surface area contributed by atoms with Crippen LogP contribution in [-0.2, 0) is 0 Å². The fraction of sp³-hybridized carbons (Fsp3) is 0.500. The molecule has 50 valence electrons. The van der Waals surface area contributed by atoms with Gasteiger partial charge >= 0.3 is 0 Å². The van der Waals surface area contributed by atoms with E-state index in [4.69, 9.17) is 16.7 Å². The minimum atomic E-state index is -0.310. The fourth-order valence-electron chi connectivity index (χ4n) is 0.470. The minimum absolute atomic E-state index is 0.271. The van der Waals surface area contributed by atoms with Crippen molar-refractivity contribution >= 4 is 0 Å². The number of nitrogens with two attached hydrogens (primary N) is 2. The fourth-order valence-corrected chi connectivity index (χ4v) is 0.470. The molecule has 0 aromatic rings. The van der Waals surface area contributed by atoms with Crippen LogP contribution in [0.1, 0.15) is 0 Å². The molecule has 0 fully saturated rings. The predicted molar refractivity (Wildman–Crippen MR) is 36.3 cm³/mol. The Morgan fingerprint density at radius 2 is 2.33 bits per heavy atom. The van der Waals surface area contributed by atoms with Crippen molar-refractivity contribution in [2.24, 2.45) is 17.4 Å². The van der Waals surface area contributed by atoms with Gasteiger partial charge in [0.05, 0.1) is 12.0 Å². The molecule has 0 bridgehead atoms. The molecule has 0 aliphatic rings. The van der Waals surface area contributed by atoms with Gasteiger partial charge in [0.2, 0.25) is 0 Å². The first-order chi connectivity index (χ1) is 4.26. The van der Waals surface area contributed by atoms with E-state index in [0.717, 1.165) is 0 Å². The minimum Gasteiger partial charge on any atom is -0.329 e. The van der Waals surface area contributed by atoms with E-state index in [1.807, 2.05) is 6.07 Å². The van der Waals surface area contributed by atoms with Gasteiger partial charge in [-0.25, -0.2) is 0 Å². The second-order valence-electron chi connectivity index (χ2n) is 1.79. The number of hydrogen-bond acceptors (Lipinski definition) is 3. The zero-order valence-corrected chi connectivity index (χ0v) is 5.25. The maximum Gasteiger partial charge on any atom is 0.0804 e. The normalized spacial score (nSPS) is 15.7. The van der Waals surface area contributed by atoms with Crippen LogP contribution >= 0.6 is 0 Å². The third-order valence-electron chi connectivity index (χ3n) is 1.14. The molecule has 0 spiro atoms. The highest BCUT2D eigenvalue weighted by molar-refractivity contribution is 5.01. The van der Waals surface area contributed by atoms with E-state index in [1.165, 1.54) is 6.08 Å². The van der Waals surface area contributed by atoms with Crippen molar-refractivity contribution in [1.82, 2.24) is 0 Å². The van der Waals surface area contributed by atoms with E-state index in [-0.39, 0.29) is 12.0 Å². The average molecular weight is 125 g/mol. The summed E-state index contributed by atoms with van der Waals surface area (Å²) in [7, 11) is 0. The molecule has 0 heterocycles. The second-order valence-corrected chi connectivity index (χ2v) is 1.79. The lowest BCUT2D eigenvalue weighted by molar-refractivity contribution is 0.602. The first-order valence-electron chi connectivity index (χ1n) is 2.74. The summed E-state index contributed by atoms with van der Waals surface area (Å²) in [6.45, 7) is 3.77. The van der Waals surface area contributed by atoms with Crippen LogP contribution in [0.2, 0.25) is 0 Å². The van der Waals surface area contributed by atoms with Crippen molar-refractivity contribution < 1.29 is 0 Å². The Hall–Kier alpha value is -0.850. The first-order valence-corrected chi connectivity index (χ1v) is 2.74. The molecule has 0 aromatic heterocycles. The molecule has 0 radical (unpaired) electrons. The number of rotatable bonds is 3. The van der Waals surface area contributed by atoms with Crippen molar-refractivity contribution in [2.75, 3.05) is 6.54 Å². The third kappa shape index (κ3) is 2.27. The molecular weight excluding hydrogens is 114 g/mol. The zero-order valence-electron chi connectivity index (χ0n) is 5.25. The van der Waals surface area contributed by atoms with E-state index in [9.17, 15) is 0 Å². The SMILES string of the molecule is C=CC(C#N)C(N)CN. The molecule has 0 rings (SSSR count). The summed E-state index contributed by atoms with van der Waals surface area (Å²) in [5.74, 6) is -0.310. The molecule has 2 atom stereocenters. The zero-order chi connectivity index (χ0) is 7.28. The summed E-state index contributed by atoms with van der Waals surface area (Å²) in [6, 6.07) is 1.71. The highest BCUT2D eigenvalue weighted by Gasteiger charge is 2.09. The summed E-state index contributed by atoms with van der Waals surface area (Å²) < 4.78 is 0. The van der Waals surface area contributed by atoms with Gasteiger partial charge in [0.25, 0.3) is 0 Å². The van der Waals surface area contributed by atoms with Crippen LogP contribution in [0.3, 0.4) is 0 Å². The monoisotopic (exact) mass is 125 g/mol. The molecule has 2 unspecified atom stereocenters. The van der Waals surface area contributed by atoms with E-state index >= 15 is 0 Å². The quantitative estimate of drug-likeness (QED) is 0.504. The van der Waals surface area contributed by atoms with Crippen molar-refractivity contribution in [1.29, 1.82) is 5.26 Å². The van der Waals surface area contributed by atoms with Crippen LogP contribution in [0.5, 0.6) is 0 Å². The standard InChI is InChI=1S/C6H11N3/c1-2-5(3-7)6(9)4-8/h2,5-6H,1,4,8-9H2. The third-order valence-corrected chi connectivity index (χ3v) is 1.14. The van der Waals surface area contributed by atoms with Crippen molar-refractivity contribution in [2.45, 2.75) is 6.04 Å². The molecule has 0 aliphatic carbocycles. The molecule has 3 heteroatoms. The van der Waals surface area contributed by atoms with Gasteiger partial charge in [-0.05, 0) is 0 Å².